The van der Waals surface area contributed by atoms with Crippen LogP contribution in [0.4, 0.5) is 5.69 Å². The number of hydrogen-bond donors (Lipinski definition) is 3. The lowest BCUT2D eigenvalue weighted by Gasteiger charge is -2.04. The standard InChI is InChI=1S/C13H14N2O3S/c1-3-8-4-5-19-11(8)12(16)15-9-6-7(2)14-10(9)13(17)18/h4-6,14H,3H2,1-2H3,(H,15,16)(H,17,18). The van der Waals surface area contributed by atoms with Crippen LogP contribution in [0.25, 0.3) is 0 Å². The molecule has 0 spiro atoms. The zero-order chi connectivity index (χ0) is 14.0. The van der Waals surface area contributed by atoms with Crippen LogP contribution in [0.1, 0.15) is 38.3 Å². The predicted molar refractivity (Wildman–Crippen MR) is 74.1 cm³/mol. The Labute approximate surface area is 114 Å². The molecular formula is C13H14N2O3S. The van der Waals surface area contributed by atoms with Crippen LogP contribution in [-0.4, -0.2) is 22.0 Å². The van der Waals surface area contributed by atoms with Crippen molar-refractivity contribution >= 4 is 28.9 Å². The lowest BCUT2D eigenvalue weighted by atomic mass is 10.2. The number of carboxylic acid groups (broad SMARTS) is 1. The van der Waals surface area contributed by atoms with Crippen molar-refractivity contribution in [1.82, 2.24) is 4.98 Å². The Hall–Kier alpha value is -2.08. The average molecular weight is 278 g/mol. The molecule has 6 heteroatoms. The zero-order valence-corrected chi connectivity index (χ0v) is 11.4. The van der Waals surface area contributed by atoms with E-state index < -0.39 is 5.97 Å². The molecule has 0 fully saturated rings. The third-order valence-electron chi connectivity index (χ3n) is 2.75. The minimum Gasteiger partial charge on any atom is -0.477 e. The van der Waals surface area contributed by atoms with Crippen LogP contribution in [0.5, 0.6) is 0 Å². The van der Waals surface area contributed by atoms with Crippen molar-refractivity contribution in [2.75, 3.05) is 5.32 Å². The molecule has 100 valence electrons. The highest BCUT2D eigenvalue weighted by atomic mass is 32.1. The summed E-state index contributed by atoms with van der Waals surface area (Å²) >= 11 is 1.35. The molecule has 2 rings (SSSR count). The van der Waals surface area contributed by atoms with Gasteiger partial charge in [-0.25, -0.2) is 4.79 Å². The summed E-state index contributed by atoms with van der Waals surface area (Å²) in [7, 11) is 0. The number of aromatic carboxylic acids is 1. The average Bonchev–Trinajstić information content (AvgIpc) is 2.95. The molecule has 3 N–H and O–H groups in total. The highest BCUT2D eigenvalue weighted by molar-refractivity contribution is 7.12. The van der Waals surface area contributed by atoms with E-state index in [4.69, 9.17) is 5.11 Å². The van der Waals surface area contributed by atoms with Crippen LogP contribution in [0.3, 0.4) is 0 Å². The predicted octanol–water partition coefficient (Wildman–Crippen LogP) is 2.90. The number of nitrogens with one attached hydrogen (secondary N) is 2. The summed E-state index contributed by atoms with van der Waals surface area (Å²) in [6, 6.07) is 3.51. The number of hydrogen-bond acceptors (Lipinski definition) is 3. The minimum absolute atomic E-state index is 0.000421. The van der Waals surface area contributed by atoms with Crippen LogP contribution in [0, 0.1) is 6.92 Å². The first-order chi connectivity index (χ1) is 9.02. The molecule has 0 radical (unpaired) electrons. The molecule has 0 saturated heterocycles. The molecule has 1 amide bonds. The van der Waals surface area contributed by atoms with E-state index in [9.17, 15) is 9.59 Å². The fraction of sp³-hybridized carbons (Fsp3) is 0.231. The molecule has 0 aromatic carbocycles. The molecule has 0 aliphatic carbocycles. The minimum atomic E-state index is -1.09. The third-order valence-corrected chi connectivity index (χ3v) is 3.70. The number of thiophene rings is 1. The van der Waals surface area contributed by atoms with Gasteiger partial charge in [-0.1, -0.05) is 6.92 Å². The van der Waals surface area contributed by atoms with Crippen LogP contribution in [0.2, 0.25) is 0 Å². The second kappa shape index (κ2) is 5.27. The Morgan fingerprint density at radius 3 is 2.84 bits per heavy atom. The highest BCUT2D eigenvalue weighted by Gasteiger charge is 2.18. The summed E-state index contributed by atoms with van der Waals surface area (Å²) in [4.78, 5) is 26.5. The number of rotatable bonds is 4. The second-order valence-corrected chi connectivity index (χ2v) is 5.04. The molecule has 2 heterocycles. The van der Waals surface area contributed by atoms with E-state index in [0.29, 0.717) is 16.3 Å². The third kappa shape index (κ3) is 2.68. The molecule has 5 nitrogen and oxygen atoms in total. The maximum atomic E-state index is 12.1. The number of carbonyl (C=O) groups is 2. The van der Waals surface area contributed by atoms with Crippen molar-refractivity contribution < 1.29 is 14.7 Å². The highest BCUT2D eigenvalue weighted by Crippen LogP contribution is 2.22. The number of amides is 1. The van der Waals surface area contributed by atoms with Crippen molar-refractivity contribution in [3.05, 3.63) is 39.3 Å². The van der Waals surface area contributed by atoms with Gasteiger partial charge in [0.2, 0.25) is 0 Å². The van der Waals surface area contributed by atoms with Gasteiger partial charge in [0.1, 0.15) is 5.69 Å². The molecule has 2 aromatic heterocycles. The maximum absolute atomic E-state index is 12.1. The van der Waals surface area contributed by atoms with E-state index in [-0.39, 0.29) is 11.6 Å². The number of aromatic amines is 1. The molecule has 0 aliphatic rings. The van der Waals surface area contributed by atoms with Gasteiger partial charge in [-0.15, -0.1) is 11.3 Å². The summed E-state index contributed by atoms with van der Waals surface area (Å²) in [6.45, 7) is 3.71. The van der Waals surface area contributed by atoms with E-state index in [1.54, 1.807) is 13.0 Å². The van der Waals surface area contributed by atoms with Crippen LogP contribution < -0.4 is 5.32 Å². The molecule has 0 bridgehead atoms. The second-order valence-electron chi connectivity index (χ2n) is 4.13. The van der Waals surface area contributed by atoms with E-state index in [1.807, 2.05) is 18.4 Å². The Bertz CT molecular complexity index is 628. The van der Waals surface area contributed by atoms with Gasteiger partial charge in [0.15, 0.2) is 0 Å². The SMILES string of the molecule is CCc1ccsc1C(=O)Nc1cc(C)[nH]c1C(=O)O. The summed E-state index contributed by atoms with van der Waals surface area (Å²) in [5.74, 6) is -1.36. The number of carboxylic acids is 1. The normalized spacial score (nSPS) is 10.4. The van der Waals surface area contributed by atoms with Gasteiger partial charge in [-0.05, 0) is 36.4 Å². The first-order valence-electron chi connectivity index (χ1n) is 5.83. The first-order valence-corrected chi connectivity index (χ1v) is 6.71. The Balaban J connectivity index is 2.26. The number of aryl methyl sites for hydroxylation is 2. The van der Waals surface area contributed by atoms with Crippen molar-refractivity contribution in [3.63, 3.8) is 0 Å². The van der Waals surface area contributed by atoms with Crippen LogP contribution in [0.15, 0.2) is 17.5 Å². The molecule has 0 unspecified atom stereocenters. The topological polar surface area (TPSA) is 82.2 Å². The smallest absolute Gasteiger partial charge is 0.354 e. The zero-order valence-electron chi connectivity index (χ0n) is 10.6. The molecule has 0 saturated carbocycles. The van der Waals surface area contributed by atoms with Crippen molar-refractivity contribution in [2.24, 2.45) is 0 Å². The number of anilines is 1. The van der Waals surface area contributed by atoms with E-state index in [0.717, 1.165) is 12.0 Å². The van der Waals surface area contributed by atoms with E-state index in [1.165, 1.54) is 11.3 Å². The van der Waals surface area contributed by atoms with Gasteiger partial charge >= 0.3 is 5.97 Å². The van der Waals surface area contributed by atoms with Gasteiger partial charge in [0, 0.05) is 5.69 Å². The van der Waals surface area contributed by atoms with Crippen molar-refractivity contribution in [1.29, 1.82) is 0 Å². The maximum Gasteiger partial charge on any atom is 0.354 e. The van der Waals surface area contributed by atoms with Crippen molar-refractivity contribution in [2.45, 2.75) is 20.3 Å². The fourth-order valence-corrected chi connectivity index (χ4v) is 2.74. The number of H-pyrrole nitrogens is 1. The van der Waals surface area contributed by atoms with E-state index in [2.05, 4.69) is 10.3 Å². The van der Waals surface area contributed by atoms with Gasteiger partial charge in [-0.2, -0.15) is 0 Å². The lowest BCUT2D eigenvalue weighted by Crippen LogP contribution is -2.14. The monoisotopic (exact) mass is 278 g/mol. The molecular weight excluding hydrogens is 264 g/mol. The molecule has 0 atom stereocenters. The summed E-state index contributed by atoms with van der Waals surface area (Å²) in [5.41, 5.74) is 1.95. The summed E-state index contributed by atoms with van der Waals surface area (Å²) < 4.78 is 0. The van der Waals surface area contributed by atoms with Gasteiger partial charge in [0.25, 0.3) is 5.91 Å². The Kier molecular flexibility index (Phi) is 3.71. The number of aromatic nitrogens is 1. The fourth-order valence-electron chi connectivity index (χ4n) is 1.85. The van der Waals surface area contributed by atoms with Gasteiger partial charge in [-0.3, -0.25) is 4.79 Å². The van der Waals surface area contributed by atoms with Crippen molar-refractivity contribution in [3.8, 4) is 0 Å². The van der Waals surface area contributed by atoms with Crippen LogP contribution >= 0.6 is 11.3 Å². The summed E-state index contributed by atoms with van der Waals surface area (Å²) in [5, 5.41) is 13.5. The lowest BCUT2D eigenvalue weighted by molar-refractivity contribution is 0.0692. The Morgan fingerprint density at radius 2 is 2.21 bits per heavy atom. The Morgan fingerprint density at radius 1 is 1.47 bits per heavy atom. The van der Waals surface area contributed by atoms with E-state index >= 15 is 0 Å². The first kappa shape index (κ1) is 13.4. The molecule has 0 aliphatic heterocycles. The molecule has 2 aromatic rings. The quantitative estimate of drug-likeness (QED) is 0.804. The number of carbonyl (C=O) groups excluding carboxylic acids is 1. The van der Waals surface area contributed by atoms with Crippen LogP contribution in [-0.2, 0) is 6.42 Å². The van der Waals surface area contributed by atoms with Gasteiger partial charge < -0.3 is 15.4 Å². The largest absolute Gasteiger partial charge is 0.477 e. The van der Waals surface area contributed by atoms with Gasteiger partial charge in [0.05, 0.1) is 10.6 Å². The summed E-state index contributed by atoms with van der Waals surface area (Å²) in [6.07, 6.45) is 0.768. The molecule has 19 heavy (non-hydrogen) atoms.